The Balaban J connectivity index is 1.99. The van der Waals surface area contributed by atoms with Gasteiger partial charge in [0.2, 0.25) is 0 Å². The number of hydrogen-bond donors (Lipinski definition) is 2. The van der Waals surface area contributed by atoms with Crippen molar-refractivity contribution in [1.29, 1.82) is 0 Å². The maximum atomic E-state index is 11.8. The fourth-order valence-electron chi connectivity index (χ4n) is 2.96. The van der Waals surface area contributed by atoms with Gasteiger partial charge in [-0.2, -0.15) is 0 Å². The first-order valence-electron chi connectivity index (χ1n) is 7.95. The number of esters is 1. The topological polar surface area (TPSA) is 50.4 Å². The first-order valence-corrected chi connectivity index (χ1v) is 8.36. The Kier molecular flexibility index (Phi) is 5.77. The summed E-state index contributed by atoms with van der Waals surface area (Å²) in [5.41, 5.74) is 1.45. The van der Waals surface area contributed by atoms with Crippen molar-refractivity contribution in [1.82, 2.24) is 5.32 Å². The molecular weight excluding hydrogens is 296 g/mol. The summed E-state index contributed by atoms with van der Waals surface area (Å²) in [7, 11) is 0. The maximum absolute atomic E-state index is 11.8. The molecule has 0 amide bonds. The highest BCUT2D eigenvalue weighted by molar-refractivity contribution is 7.80. The first kappa shape index (κ1) is 16.7. The summed E-state index contributed by atoms with van der Waals surface area (Å²) in [4.78, 5) is 11.8. The lowest BCUT2D eigenvalue weighted by Gasteiger charge is -2.30. The van der Waals surface area contributed by atoms with Gasteiger partial charge in [0.1, 0.15) is 0 Å². The molecule has 1 aromatic carbocycles. The van der Waals surface area contributed by atoms with Gasteiger partial charge in [0.05, 0.1) is 12.2 Å². The van der Waals surface area contributed by atoms with E-state index in [0.717, 1.165) is 24.9 Å². The van der Waals surface area contributed by atoms with Gasteiger partial charge >= 0.3 is 5.97 Å². The van der Waals surface area contributed by atoms with Gasteiger partial charge < -0.3 is 15.4 Å². The van der Waals surface area contributed by atoms with Gasteiger partial charge in [0.15, 0.2) is 5.11 Å². The molecule has 0 spiro atoms. The Labute approximate surface area is 137 Å². The fourth-order valence-corrected chi connectivity index (χ4v) is 3.29. The molecular formula is C17H24N2O2S. The Morgan fingerprint density at radius 3 is 2.68 bits per heavy atom. The van der Waals surface area contributed by atoms with Crippen LogP contribution < -0.4 is 10.6 Å². The Hall–Kier alpha value is -1.62. The van der Waals surface area contributed by atoms with Crippen molar-refractivity contribution >= 4 is 29.0 Å². The van der Waals surface area contributed by atoms with Crippen molar-refractivity contribution in [2.75, 3.05) is 11.9 Å². The second-order valence-corrected chi connectivity index (χ2v) is 6.13. The van der Waals surface area contributed by atoms with Gasteiger partial charge in [0, 0.05) is 11.2 Å². The number of thiocarbonyl (C=S) groups is 1. The third-order valence-corrected chi connectivity index (χ3v) is 4.45. The van der Waals surface area contributed by atoms with E-state index in [2.05, 4.69) is 17.6 Å². The minimum absolute atomic E-state index is 0.128. The van der Waals surface area contributed by atoms with E-state index in [0.29, 0.717) is 17.3 Å². The average Bonchev–Trinajstić information content (AvgIpc) is 2.96. The molecule has 1 aliphatic carbocycles. The highest BCUT2D eigenvalue weighted by Crippen LogP contribution is 2.32. The molecule has 0 aliphatic heterocycles. The number of ether oxygens (including phenoxy) is 1. The monoisotopic (exact) mass is 320 g/mol. The van der Waals surface area contributed by atoms with E-state index in [-0.39, 0.29) is 11.5 Å². The number of carbonyl (C=O) groups excluding carboxylic acids is 1. The predicted octanol–water partition coefficient (Wildman–Crippen LogP) is 3.87. The zero-order valence-electron chi connectivity index (χ0n) is 13.3. The van der Waals surface area contributed by atoms with Gasteiger partial charge in [-0.3, -0.25) is 0 Å². The molecule has 1 saturated carbocycles. The van der Waals surface area contributed by atoms with Crippen LogP contribution in [0.2, 0.25) is 0 Å². The average molecular weight is 320 g/mol. The summed E-state index contributed by atoms with van der Waals surface area (Å²) in [5, 5.41) is 7.26. The summed E-state index contributed by atoms with van der Waals surface area (Å²) in [6.45, 7) is 4.36. The number of hydrogen-bond acceptors (Lipinski definition) is 3. The van der Waals surface area contributed by atoms with Crippen LogP contribution in [0.4, 0.5) is 5.69 Å². The normalized spacial score (nSPS) is 16.1. The van der Waals surface area contributed by atoms with Crippen LogP contribution in [0.5, 0.6) is 0 Å². The number of nitrogens with one attached hydrogen (secondary N) is 2. The molecule has 0 heterocycles. The Morgan fingerprint density at radius 2 is 2.05 bits per heavy atom. The van der Waals surface area contributed by atoms with E-state index in [1.807, 2.05) is 12.1 Å². The van der Waals surface area contributed by atoms with Crippen molar-refractivity contribution in [3.63, 3.8) is 0 Å². The number of carbonyl (C=O) groups is 1. The molecule has 0 unspecified atom stereocenters. The minimum Gasteiger partial charge on any atom is -0.462 e. The highest BCUT2D eigenvalue weighted by atomic mass is 32.1. The number of rotatable bonds is 5. The number of benzene rings is 1. The zero-order chi connectivity index (χ0) is 16.0. The molecule has 0 bridgehead atoms. The fraction of sp³-hybridized carbons (Fsp3) is 0.529. The molecule has 1 aromatic rings. The van der Waals surface area contributed by atoms with Crippen LogP contribution in [0.25, 0.3) is 0 Å². The van der Waals surface area contributed by atoms with E-state index < -0.39 is 0 Å². The van der Waals surface area contributed by atoms with Crippen LogP contribution in [0.15, 0.2) is 24.3 Å². The standard InChI is InChI=1S/C17H24N2O2S/c1-3-17(10-5-6-11-17)19-16(22)18-14-9-7-8-13(12-14)15(20)21-4-2/h7-9,12H,3-6,10-11H2,1-2H3,(H2,18,19,22). The summed E-state index contributed by atoms with van der Waals surface area (Å²) in [6, 6.07) is 7.22. The molecule has 0 aromatic heterocycles. The second-order valence-electron chi connectivity index (χ2n) is 5.72. The van der Waals surface area contributed by atoms with E-state index >= 15 is 0 Å². The molecule has 22 heavy (non-hydrogen) atoms. The molecule has 1 fully saturated rings. The summed E-state index contributed by atoms with van der Waals surface area (Å²) < 4.78 is 5.01. The molecule has 2 rings (SSSR count). The molecule has 4 nitrogen and oxygen atoms in total. The minimum atomic E-state index is -0.314. The number of anilines is 1. The van der Waals surface area contributed by atoms with Crippen LogP contribution in [0.1, 0.15) is 56.3 Å². The SMILES string of the molecule is CCOC(=O)c1cccc(NC(=S)NC2(CC)CCCC2)c1. The van der Waals surface area contributed by atoms with Crippen molar-refractivity contribution < 1.29 is 9.53 Å². The van der Waals surface area contributed by atoms with Crippen molar-refractivity contribution in [2.45, 2.75) is 51.5 Å². The van der Waals surface area contributed by atoms with Crippen molar-refractivity contribution in [3.8, 4) is 0 Å². The van der Waals surface area contributed by atoms with E-state index in [9.17, 15) is 4.79 Å². The smallest absolute Gasteiger partial charge is 0.338 e. The molecule has 0 radical (unpaired) electrons. The van der Waals surface area contributed by atoms with Crippen LogP contribution >= 0.6 is 12.2 Å². The van der Waals surface area contributed by atoms with E-state index in [4.69, 9.17) is 17.0 Å². The Morgan fingerprint density at radius 1 is 1.32 bits per heavy atom. The van der Waals surface area contributed by atoms with Gasteiger partial charge in [-0.05, 0) is 56.6 Å². The lowest BCUT2D eigenvalue weighted by Crippen LogP contribution is -2.47. The highest BCUT2D eigenvalue weighted by Gasteiger charge is 2.32. The summed E-state index contributed by atoms with van der Waals surface area (Å²) >= 11 is 5.43. The van der Waals surface area contributed by atoms with Crippen molar-refractivity contribution in [2.24, 2.45) is 0 Å². The second kappa shape index (κ2) is 7.58. The van der Waals surface area contributed by atoms with Crippen LogP contribution in [0.3, 0.4) is 0 Å². The van der Waals surface area contributed by atoms with Crippen molar-refractivity contribution in [3.05, 3.63) is 29.8 Å². The van der Waals surface area contributed by atoms with Crippen LogP contribution in [0, 0.1) is 0 Å². The first-order chi connectivity index (χ1) is 10.6. The molecule has 0 saturated heterocycles. The van der Waals surface area contributed by atoms with E-state index in [1.165, 1.54) is 12.8 Å². The van der Waals surface area contributed by atoms with E-state index in [1.54, 1.807) is 19.1 Å². The third-order valence-electron chi connectivity index (χ3n) is 4.25. The van der Waals surface area contributed by atoms with Gasteiger partial charge in [-0.25, -0.2) is 4.79 Å². The third kappa shape index (κ3) is 4.19. The van der Waals surface area contributed by atoms with Gasteiger partial charge in [-0.1, -0.05) is 25.8 Å². The molecule has 0 atom stereocenters. The molecule has 2 N–H and O–H groups in total. The molecule has 120 valence electrons. The predicted molar refractivity (Wildman–Crippen MR) is 93.2 cm³/mol. The molecule has 1 aliphatic rings. The van der Waals surface area contributed by atoms with Crippen LogP contribution in [-0.2, 0) is 4.74 Å². The summed E-state index contributed by atoms with van der Waals surface area (Å²) in [5.74, 6) is -0.314. The van der Waals surface area contributed by atoms with Crippen LogP contribution in [-0.4, -0.2) is 23.2 Å². The molecule has 5 heteroatoms. The zero-order valence-corrected chi connectivity index (χ0v) is 14.1. The van der Waals surface area contributed by atoms with Gasteiger partial charge in [0.25, 0.3) is 0 Å². The quantitative estimate of drug-likeness (QED) is 0.637. The lowest BCUT2D eigenvalue weighted by atomic mass is 9.95. The largest absolute Gasteiger partial charge is 0.462 e. The van der Waals surface area contributed by atoms with Gasteiger partial charge in [-0.15, -0.1) is 0 Å². The summed E-state index contributed by atoms with van der Waals surface area (Å²) in [6.07, 6.45) is 5.89. The Bertz CT molecular complexity index is 539. The lowest BCUT2D eigenvalue weighted by molar-refractivity contribution is 0.0526. The maximum Gasteiger partial charge on any atom is 0.338 e.